The monoisotopic (exact) mass is 569 g/mol. The third-order valence-electron chi connectivity index (χ3n) is 5.83. The number of carbonyl (C=O) groups excluding carboxylic acids is 1. The standard InChI is InChI=1S/C25H29F6NO3S2/c1-22(2,3)37(34)32-23(25(29,30)31,15-19(33)21-12-11-20(36-21)16-5-6-16)17-7-9-18(10-8-17)35-14-4-13-24(26,27)28/h7-12,16,32H,4-6,13-15H2,1-3H3/t23-,37-/m0/s1. The van der Waals surface area contributed by atoms with E-state index in [1.54, 1.807) is 6.07 Å². The fourth-order valence-corrected chi connectivity index (χ4v) is 5.59. The van der Waals surface area contributed by atoms with Gasteiger partial charge in [-0.25, -0.2) is 0 Å². The van der Waals surface area contributed by atoms with Gasteiger partial charge in [-0.2, -0.15) is 26.3 Å². The zero-order chi connectivity index (χ0) is 27.6. The fourth-order valence-electron chi connectivity index (χ4n) is 3.55. The molecule has 1 aromatic heterocycles. The van der Waals surface area contributed by atoms with E-state index in [4.69, 9.17) is 4.74 Å². The number of carbonyl (C=O) groups is 1. The number of ether oxygens (including phenoxy) is 1. The minimum atomic E-state index is -5.02. The molecule has 1 heterocycles. The van der Waals surface area contributed by atoms with Crippen molar-refractivity contribution in [1.29, 1.82) is 0 Å². The van der Waals surface area contributed by atoms with Crippen LogP contribution >= 0.6 is 11.3 Å². The number of halogens is 6. The molecule has 2 atom stereocenters. The first kappa shape index (κ1) is 29.8. The highest BCUT2D eigenvalue weighted by atomic mass is 32.2. The second-order valence-electron chi connectivity index (χ2n) is 10.1. The zero-order valence-corrected chi connectivity index (χ0v) is 22.2. The van der Waals surface area contributed by atoms with Crippen LogP contribution in [0.3, 0.4) is 0 Å². The van der Waals surface area contributed by atoms with Crippen LogP contribution in [0.15, 0.2) is 36.4 Å². The molecule has 2 aromatic rings. The highest BCUT2D eigenvalue weighted by Crippen LogP contribution is 2.46. The SMILES string of the molecule is CC(C)(C)[S@+]([O-])N[C@@](CC(=O)c1ccc(C2CC2)s1)(c1ccc(OCCCC(F)(F)F)cc1)C(F)(F)F. The summed E-state index contributed by atoms with van der Waals surface area (Å²) in [6.45, 7) is 4.27. The lowest BCUT2D eigenvalue weighted by atomic mass is 9.85. The molecule has 4 nitrogen and oxygen atoms in total. The Balaban J connectivity index is 1.90. The minimum absolute atomic E-state index is 0.0811. The van der Waals surface area contributed by atoms with Gasteiger partial charge in [0.05, 0.1) is 11.5 Å². The predicted octanol–water partition coefficient (Wildman–Crippen LogP) is 7.43. The van der Waals surface area contributed by atoms with Crippen LogP contribution < -0.4 is 9.46 Å². The summed E-state index contributed by atoms with van der Waals surface area (Å²) in [5.41, 5.74) is -3.33. The molecule has 0 amide bonds. The van der Waals surface area contributed by atoms with E-state index >= 15 is 0 Å². The maximum Gasteiger partial charge on any atom is 0.415 e. The van der Waals surface area contributed by atoms with Crippen molar-refractivity contribution in [3.63, 3.8) is 0 Å². The number of thiophene rings is 1. The smallest absolute Gasteiger partial charge is 0.415 e. The van der Waals surface area contributed by atoms with Crippen molar-refractivity contribution in [3.05, 3.63) is 51.7 Å². The van der Waals surface area contributed by atoms with Crippen molar-refractivity contribution in [2.45, 2.75) is 81.4 Å². The van der Waals surface area contributed by atoms with Gasteiger partial charge >= 0.3 is 12.4 Å². The maximum absolute atomic E-state index is 14.8. The van der Waals surface area contributed by atoms with Gasteiger partial charge in [-0.1, -0.05) is 12.1 Å². The van der Waals surface area contributed by atoms with Crippen LogP contribution in [0.25, 0.3) is 0 Å². The summed E-state index contributed by atoms with van der Waals surface area (Å²) in [6, 6.07) is 7.88. The van der Waals surface area contributed by atoms with Crippen molar-refractivity contribution < 1.29 is 40.4 Å². The van der Waals surface area contributed by atoms with Crippen LogP contribution in [0.1, 0.15) is 78.9 Å². The zero-order valence-electron chi connectivity index (χ0n) is 20.6. The number of rotatable bonds is 11. The van der Waals surface area contributed by atoms with E-state index in [2.05, 4.69) is 4.72 Å². The molecule has 0 aliphatic heterocycles. The molecule has 206 valence electrons. The fraction of sp³-hybridized carbons (Fsp3) is 0.560. The number of alkyl halides is 6. The molecule has 12 heteroatoms. The lowest BCUT2D eigenvalue weighted by Crippen LogP contribution is -2.59. The third-order valence-corrected chi connectivity index (χ3v) is 8.77. The predicted molar refractivity (Wildman–Crippen MR) is 131 cm³/mol. The van der Waals surface area contributed by atoms with Crippen molar-refractivity contribution in [2.24, 2.45) is 0 Å². The van der Waals surface area contributed by atoms with E-state index in [9.17, 15) is 35.7 Å². The van der Waals surface area contributed by atoms with Crippen LogP contribution in [-0.2, 0) is 16.9 Å². The number of nitrogens with one attached hydrogen (secondary N) is 1. The summed E-state index contributed by atoms with van der Waals surface area (Å²) in [6.07, 6.45) is -9.75. The molecule has 0 radical (unpaired) electrons. The Hall–Kier alpha value is -1.76. The van der Waals surface area contributed by atoms with E-state index in [1.807, 2.05) is 0 Å². The van der Waals surface area contributed by atoms with Crippen LogP contribution in [0.2, 0.25) is 0 Å². The number of benzene rings is 1. The highest BCUT2D eigenvalue weighted by molar-refractivity contribution is 7.90. The Bertz CT molecular complexity index is 1060. The van der Waals surface area contributed by atoms with Gasteiger partial charge in [0.1, 0.15) is 10.5 Å². The average molecular weight is 570 g/mol. The second-order valence-corrected chi connectivity index (χ2v) is 13.1. The van der Waals surface area contributed by atoms with Crippen molar-refractivity contribution in [1.82, 2.24) is 4.72 Å². The normalized spacial score (nSPS) is 17.4. The van der Waals surface area contributed by atoms with Gasteiger partial charge in [-0.05, 0) is 75.8 Å². The van der Waals surface area contributed by atoms with Crippen LogP contribution in [-0.4, -0.2) is 34.0 Å². The van der Waals surface area contributed by atoms with E-state index in [0.717, 1.165) is 29.9 Å². The molecule has 0 spiro atoms. The van der Waals surface area contributed by atoms with Gasteiger partial charge in [0.2, 0.25) is 0 Å². The van der Waals surface area contributed by atoms with E-state index in [-0.39, 0.29) is 29.2 Å². The molecule has 1 saturated carbocycles. The van der Waals surface area contributed by atoms with Crippen LogP contribution in [0, 0.1) is 0 Å². The average Bonchev–Trinajstić information content (AvgIpc) is 3.50. The van der Waals surface area contributed by atoms with Gasteiger partial charge in [0.25, 0.3) is 0 Å². The van der Waals surface area contributed by atoms with Gasteiger partial charge in [0, 0.05) is 29.1 Å². The number of Topliss-reactive ketones (excluding diaryl/α,β-unsaturated/α-hetero) is 1. The first-order chi connectivity index (χ1) is 17.0. The first-order valence-corrected chi connectivity index (χ1v) is 13.7. The Labute approximate surface area is 219 Å². The molecule has 0 saturated heterocycles. The highest BCUT2D eigenvalue weighted by Gasteiger charge is 2.61. The summed E-state index contributed by atoms with van der Waals surface area (Å²) in [4.78, 5) is 14.3. The molecule has 1 aromatic carbocycles. The van der Waals surface area contributed by atoms with Gasteiger partial charge in [0.15, 0.2) is 11.3 Å². The Morgan fingerprint density at radius 1 is 1.05 bits per heavy atom. The summed E-state index contributed by atoms with van der Waals surface area (Å²) in [5, 5.41) is 0. The molecular formula is C25H29F6NO3S2. The van der Waals surface area contributed by atoms with Gasteiger partial charge in [-0.15, -0.1) is 16.1 Å². The summed E-state index contributed by atoms with van der Waals surface area (Å²) in [7, 11) is 0. The maximum atomic E-state index is 14.8. The molecule has 1 fully saturated rings. The Morgan fingerprint density at radius 3 is 2.19 bits per heavy atom. The van der Waals surface area contributed by atoms with Gasteiger partial charge in [-0.3, -0.25) is 4.79 Å². The third kappa shape index (κ3) is 7.87. The van der Waals surface area contributed by atoms with Crippen molar-refractivity contribution in [2.75, 3.05) is 6.61 Å². The lowest BCUT2D eigenvalue weighted by Gasteiger charge is -2.38. The molecular weight excluding hydrogens is 540 g/mol. The van der Waals surface area contributed by atoms with Crippen molar-refractivity contribution in [3.8, 4) is 5.75 Å². The first-order valence-electron chi connectivity index (χ1n) is 11.7. The number of hydrogen-bond acceptors (Lipinski definition) is 5. The summed E-state index contributed by atoms with van der Waals surface area (Å²) in [5.74, 6) is -0.313. The largest absolute Gasteiger partial charge is 0.598 e. The summed E-state index contributed by atoms with van der Waals surface area (Å²) < 4.78 is 101. The lowest BCUT2D eigenvalue weighted by molar-refractivity contribution is -0.194. The summed E-state index contributed by atoms with van der Waals surface area (Å²) >= 11 is -1.02. The van der Waals surface area contributed by atoms with Crippen molar-refractivity contribution >= 4 is 28.5 Å². The Kier molecular flexibility index (Phi) is 8.98. The van der Waals surface area contributed by atoms with E-state index in [0.29, 0.717) is 5.92 Å². The molecule has 1 aliphatic rings. The topological polar surface area (TPSA) is 61.4 Å². The molecule has 0 bridgehead atoms. The molecule has 1 N–H and O–H groups in total. The van der Waals surface area contributed by atoms with E-state index in [1.165, 1.54) is 50.3 Å². The second kappa shape index (κ2) is 11.2. The molecule has 37 heavy (non-hydrogen) atoms. The minimum Gasteiger partial charge on any atom is -0.598 e. The molecule has 3 rings (SSSR count). The molecule has 0 unspecified atom stereocenters. The quantitative estimate of drug-likeness (QED) is 0.132. The number of hydrogen-bond donors (Lipinski definition) is 1. The van der Waals surface area contributed by atoms with Gasteiger partial charge < -0.3 is 9.29 Å². The van der Waals surface area contributed by atoms with E-state index < -0.39 is 52.6 Å². The molecule has 1 aliphatic carbocycles. The van der Waals surface area contributed by atoms with Crippen LogP contribution in [0.5, 0.6) is 5.75 Å². The Morgan fingerprint density at radius 2 is 1.68 bits per heavy atom. The van der Waals surface area contributed by atoms with Crippen LogP contribution in [0.4, 0.5) is 26.3 Å². The number of ketones is 1.